The van der Waals surface area contributed by atoms with E-state index in [1.165, 1.54) is 0 Å². The molecule has 2 aromatic carbocycles. The molecule has 0 unspecified atom stereocenters. The standard InChI is InChI=1S/C17H18N2O2/c1-11(2)21-14-6-4-5-12(9-14)17-18-15-8-7-13(20-3)10-16(15)19-17/h4-11H,1-3H3,(H,18,19). The Labute approximate surface area is 123 Å². The molecule has 0 aliphatic carbocycles. The van der Waals surface area contributed by atoms with Crippen LogP contribution in [0, 0.1) is 0 Å². The van der Waals surface area contributed by atoms with Crippen molar-refractivity contribution in [2.45, 2.75) is 20.0 Å². The molecule has 0 amide bonds. The van der Waals surface area contributed by atoms with Crippen molar-refractivity contribution in [1.82, 2.24) is 9.97 Å². The predicted octanol–water partition coefficient (Wildman–Crippen LogP) is 4.03. The van der Waals surface area contributed by atoms with Crippen LogP contribution in [0.4, 0.5) is 0 Å². The Morgan fingerprint density at radius 1 is 1.05 bits per heavy atom. The Balaban J connectivity index is 1.99. The van der Waals surface area contributed by atoms with Crippen LogP contribution in [-0.4, -0.2) is 23.2 Å². The number of H-pyrrole nitrogens is 1. The van der Waals surface area contributed by atoms with E-state index in [1.807, 2.05) is 56.3 Å². The van der Waals surface area contributed by atoms with E-state index in [9.17, 15) is 0 Å². The molecule has 0 spiro atoms. The molecule has 21 heavy (non-hydrogen) atoms. The van der Waals surface area contributed by atoms with E-state index in [0.29, 0.717) is 0 Å². The number of aromatic nitrogens is 2. The number of rotatable bonds is 4. The summed E-state index contributed by atoms with van der Waals surface area (Å²) < 4.78 is 11.0. The van der Waals surface area contributed by atoms with Gasteiger partial charge in [0.2, 0.25) is 0 Å². The van der Waals surface area contributed by atoms with Crippen LogP contribution in [0.5, 0.6) is 11.5 Å². The average Bonchev–Trinajstić information content (AvgIpc) is 2.89. The molecule has 0 saturated heterocycles. The van der Waals surface area contributed by atoms with Gasteiger partial charge in [-0.1, -0.05) is 12.1 Å². The molecule has 0 bridgehead atoms. The van der Waals surface area contributed by atoms with Crippen molar-refractivity contribution in [3.8, 4) is 22.9 Å². The molecule has 108 valence electrons. The zero-order valence-electron chi connectivity index (χ0n) is 12.4. The van der Waals surface area contributed by atoms with Gasteiger partial charge in [-0.05, 0) is 38.1 Å². The molecule has 0 radical (unpaired) electrons. The van der Waals surface area contributed by atoms with Crippen molar-refractivity contribution in [3.05, 3.63) is 42.5 Å². The number of hydrogen-bond acceptors (Lipinski definition) is 3. The summed E-state index contributed by atoms with van der Waals surface area (Å²) in [6.07, 6.45) is 0.153. The van der Waals surface area contributed by atoms with E-state index >= 15 is 0 Å². The summed E-state index contributed by atoms with van der Waals surface area (Å²) in [5.41, 5.74) is 2.88. The first-order chi connectivity index (χ1) is 10.2. The largest absolute Gasteiger partial charge is 0.497 e. The van der Waals surface area contributed by atoms with Crippen molar-refractivity contribution in [2.75, 3.05) is 7.11 Å². The number of imidazole rings is 1. The van der Waals surface area contributed by atoms with E-state index in [1.54, 1.807) is 7.11 Å². The van der Waals surface area contributed by atoms with Crippen LogP contribution < -0.4 is 9.47 Å². The number of benzene rings is 2. The minimum Gasteiger partial charge on any atom is -0.497 e. The smallest absolute Gasteiger partial charge is 0.138 e. The zero-order chi connectivity index (χ0) is 14.8. The van der Waals surface area contributed by atoms with Gasteiger partial charge in [0.15, 0.2) is 0 Å². The molecule has 0 fully saturated rings. The maximum absolute atomic E-state index is 5.73. The summed E-state index contributed by atoms with van der Waals surface area (Å²) in [6.45, 7) is 4.03. The molecule has 1 N–H and O–H groups in total. The third-order valence-electron chi connectivity index (χ3n) is 3.17. The van der Waals surface area contributed by atoms with Crippen LogP contribution in [0.1, 0.15) is 13.8 Å². The molecule has 0 atom stereocenters. The van der Waals surface area contributed by atoms with Crippen LogP contribution in [0.2, 0.25) is 0 Å². The Morgan fingerprint density at radius 2 is 1.90 bits per heavy atom. The quantitative estimate of drug-likeness (QED) is 0.786. The fourth-order valence-electron chi connectivity index (χ4n) is 2.24. The maximum Gasteiger partial charge on any atom is 0.138 e. The van der Waals surface area contributed by atoms with E-state index < -0.39 is 0 Å². The van der Waals surface area contributed by atoms with Gasteiger partial charge in [0.05, 0.1) is 24.2 Å². The number of ether oxygens (including phenoxy) is 2. The number of fused-ring (bicyclic) bond motifs is 1. The van der Waals surface area contributed by atoms with Gasteiger partial charge >= 0.3 is 0 Å². The highest BCUT2D eigenvalue weighted by molar-refractivity contribution is 5.80. The fourth-order valence-corrected chi connectivity index (χ4v) is 2.24. The van der Waals surface area contributed by atoms with Gasteiger partial charge in [0, 0.05) is 11.6 Å². The van der Waals surface area contributed by atoms with Crippen molar-refractivity contribution < 1.29 is 9.47 Å². The van der Waals surface area contributed by atoms with Crippen LogP contribution in [-0.2, 0) is 0 Å². The van der Waals surface area contributed by atoms with Gasteiger partial charge in [-0.2, -0.15) is 0 Å². The molecule has 0 aliphatic heterocycles. The lowest BCUT2D eigenvalue weighted by Crippen LogP contribution is -2.05. The molecule has 3 aromatic rings. The minimum atomic E-state index is 0.153. The molecule has 1 aromatic heterocycles. The Hall–Kier alpha value is -2.49. The van der Waals surface area contributed by atoms with Crippen LogP contribution in [0.15, 0.2) is 42.5 Å². The highest BCUT2D eigenvalue weighted by Crippen LogP contribution is 2.26. The van der Waals surface area contributed by atoms with Crippen molar-refractivity contribution in [3.63, 3.8) is 0 Å². The number of nitrogens with zero attached hydrogens (tertiary/aromatic N) is 1. The molecule has 0 saturated carbocycles. The van der Waals surface area contributed by atoms with Crippen molar-refractivity contribution in [2.24, 2.45) is 0 Å². The summed E-state index contributed by atoms with van der Waals surface area (Å²) in [6, 6.07) is 13.7. The van der Waals surface area contributed by atoms with Crippen LogP contribution in [0.25, 0.3) is 22.4 Å². The van der Waals surface area contributed by atoms with Crippen LogP contribution >= 0.6 is 0 Å². The molecule has 4 heteroatoms. The van der Waals surface area contributed by atoms with E-state index in [4.69, 9.17) is 9.47 Å². The highest BCUT2D eigenvalue weighted by Gasteiger charge is 2.07. The summed E-state index contributed by atoms with van der Waals surface area (Å²) >= 11 is 0. The van der Waals surface area contributed by atoms with Crippen molar-refractivity contribution >= 4 is 11.0 Å². The van der Waals surface area contributed by atoms with E-state index in [2.05, 4.69) is 9.97 Å². The van der Waals surface area contributed by atoms with E-state index in [0.717, 1.165) is 33.9 Å². The normalized spacial score (nSPS) is 11.0. The Kier molecular flexibility index (Phi) is 3.52. The topological polar surface area (TPSA) is 47.1 Å². The summed E-state index contributed by atoms with van der Waals surface area (Å²) in [5, 5.41) is 0. The second kappa shape index (κ2) is 5.48. The Morgan fingerprint density at radius 3 is 2.67 bits per heavy atom. The number of hydrogen-bond donors (Lipinski definition) is 1. The number of aromatic amines is 1. The molecular weight excluding hydrogens is 264 g/mol. The minimum absolute atomic E-state index is 0.153. The van der Waals surface area contributed by atoms with Crippen molar-refractivity contribution in [1.29, 1.82) is 0 Å². The monoisotopic (exact) mass is 282 g/mol. The van der Waals surface area contributed by atoms with Gasteiger partial charge in [-0.15, -0.1) is 0 Å². The van der Waals surface area contributed by atoms with Gasteiger partial charge in [0.1, 0.15) is 17.3 Å². The first-order valence-corrected chi connectivity index (χ1v) is 6.96. The van der Waals surface area contributed by atoms with Gasteiger partial charge in [0.25, 0.3) is 0 Å². The highest BCUT2D eigenvalue weighted by atomic mass is 16.5. The molecular formula is C17H18N2O2. The Bertz CT molecular complexity index is 762. The number of nitrogens with one attached hydrogen (secondary N) is 1. The molecule has 0 aliphatic rings. The van der Waals surface area contributed by atoms with E-state index in [-0.39, 0.29) is 6.10 Å². The third-order valence-corrected chi connectivity index (χ3v) is 3.17. The predicted molar refractivity (Wildman–Crippen MR) is 83.8 cm³/mol. The lowest BCUT2D eigenvalue weighted by molar-refractivity contribution is 0.242. The maximum atomic E-state index is 5.73. The second-order valence-corrected chi connectivity index (χ2v) is 5.16. The SMILES string of the molecule is COc1ccc2nc(-c3cccc(OC(C)C)c3)[nH]c2c1. The average molecular weight is 282 g/mol. The van der Waals surface area contributed by atoms with Crippen LogP contribution in [0.3, 0.4) is 0 Å². The van der Waals surface area contributed by atoms with Gasteiger partial charge in [-0.3, -0.25) is 0 Å². The lowest BCUT2D eigenvalue weighted by atomic mass is 10.2. The fraction of sp³-hybridized carbons (Fsp3) is 0.235. The third kappa shape index (κ3) is 2.84. The first kappa shape index (κ1) is 13.5. The second-order valence-electron chi connectivity index (χ2n) is 5.16. The molecule has 1 heterocycles. The first-order valence-electron chi connectivity index (χ1n) is 6.96. The molecule has 4 nitrogen and oxygen atoms in total. The molecule has 3 rings (SSSR count). The van der Waals surface area contributed by atoms with Gasteiger partial charge in [-0.25, -0.2) is 4.98 Å². The van der Waals surface area contributed by atoms with Gasteiger partial charge < -0.3 is 14.5 Å². The summed E-state index contributed by atoms with van der Waals surface area (Å²) in [4.78, 5) is 7.93. The number of methoxy groups -OCH3 is 1. The zero-order valence-corrected chi connectivity index (χ0v) is 12.4. The lowest BCUT2D eigenvalue weighted by Gasteiger charge is -2.10. The summed E-state index contributed by atoms with van der Waals surface area (Å²) in [7, 11) is 1.66. The summed E-state index contributed by atoms with van der Waals surface area (Å²) in [5.74, 6) is 2.49.